The Morgan fingerprint density at radius 2 is 1.78 bits per heavy atom. The maximum absolute atomic E-state index is 13.9. The monoisotopic (exact) mass is 319 g/mol. The molecule has 0 radical (unpaired) electrons. The summed E-state index contributed by atoms with van der Waals surface area (Å²) in [4.78, 5) is 0. The molecule has 3 aromatic rings. The quantitative estimate of drug-likeness (QED) is 0.671. The van der Waals surface area contributed by atoms with Crippen LogP contribution in [-0.2, 0) is 0 Å². The van der Waals surface area contributed by atoms with Gasteiger partial charge in [-0.05, 0) is 23.8 Å². The van der Waals surface area contributed by atoms with E-state index in [1.54, 1.807) is 36.4 Å². The highest BCUT2D eigenvalue weighted by atomic mass is 19.3. The van der Waals surface area contributed by atoms with Gasteiger partial charge in [-0.1, -0.05) is 35.5 Å². The van der Waals surface area contributed by atoms with Crippen LogP contribution in [0, 0.1) is 5.82 Å². The predicted octanol–water partition coefficient (Wildman–Crippen LogP) is 5.09. The van der Waals surface area contributed by atoms with Crippen molar-refractivity contribution in [3.63, 3.8) is 0 Å². The van der Waals surface area contributed by atoms with Crippen molar-refractivity contribution >= 4 is 0 Å². The average Bonchev–Trinajstić information content (AvgIpc) is 3.00. The molecule has 0 saturated heterocycles. The molecule has 0 bridgehead atoms. The molecule has 23 heavy (non-hydrogen) atoms. The summed E-state index contributed by atoms with van der Waals surface area (Å²) in [5.41, 5.74) is 1.17. The number of nitrogens with zero attached hydrogens (tertiary/aromatic N) is 1. The number of rotatable bonds is 4. The second-order valence-electron chi connectivity index (χ2n) is 4.79. The molecule has 6 heteroatoms. The van der Waals surface area contributed by atoms with Crippen molar-refractivity contribution < 1.29 is 22.4 Å². The van der Waals surface area contributed by atoms with Gasteiger partial charge in [0.05, 0.1) is 12.7 Å². The molecule has 0 unspecified atom stereocenters. The minimum atomic E-state index is -2.82. The van der Waals surface area contributed by atoms with Gasteiger partial charge in [0.25, 0.3) is 6.43 Å². The Morgan fingerprint density at radius 3 is 2.39 bits per heavy atom. The lowest BCUT2D eigenvalue weighted by molar-refractivity contribution is 0.113. The van der Waals surface area contributed by atoms with E-state index in [-0.39, 0.29) is 17.0 Å². The smallest absolute Gasteiger partial charge is 0.298 e. The molecule has 3 nitrogen and oxygen atoms in total. The van der Waals surface area contributed by atoms with Crippen LogP contribution in [0.3, 0.4) is 0 Å². The minimum Gasteiger partial charge on any atom is -0.494 e. The molecule has 2 aromatic carbocycles. The van der Waals surface area contributed by atoms with E-state index < -0.39 is 18.0 Å². The van der Waals surface area contributed by atoms with Gasteiger partial charge in [0.1, 0.15) is 5.69 Å². The summed E-state index contributed by atoms with van der Waals surface area (Å²) >= 11 is 0. The Morgan fingerprint density at radius 1 is 1.04 bits per heavy atom. The van der Waals surface area contributed by atoms with E-state index >= 15 is 0 Å². The first-order valence-electron chi connectivity index (χ1n) is 6.79. The van der Waals surface area contributed by atoms with Crippen LogP contribution in [0.4, 0.5) is 13.2 Å². The van der Waals surface area contributed by atoms with Crippen molar-refractivity contribution in [2.75, 3.05) is 7.11 Å². The Hall–Kier alpha value is -2.76. The van der Waals surface area contributed by atoms with Gasteiger partial charge in [-0.25, -0.2) is 13.2 Å². The third-order valence-corrected chi connectivity index (χ3v) is 3.40. The Bertz CT molecular complexity index is 816. The number of ether oxygens (including phenoxy) is 1. The number of methoxy groups -OCH3 is 1. The molecule has 0 aliphatic heterocycles. The lowest BCUT2D eigenvalue weighted by atomic mass is 9.99. The fourth-order valence-corrected chi connectivity index (χ4v) is 2.35. The normalized spacial score (nSPS) is 11.0. The minimum absolute atomic E-state index is 0.0626. The molecule has 0 amide bonds. The van der Waals surface area contributed by atoms with Gasteiger partial charge in [0, 0.05) is 5.56 Å². The van der Waals surface area contributed by atoms with Gasteiger partial charge in [0.2, 0.25) is 5.76 Å². The zero-order valence-electron chi connectivity index (χ0n) is 12.1. The van der Waals surface area contributed by atoms with E-state index in [4.69, 9.17) is 9.26 Å². The summed E-state index contributed by atoms with van der Waals surface area (Å²) in [5, 5.41) is 3.72. The standard InChI is InChI=1S/C17H12F3NO2/c1-22-13-8-7-11(9-12(13)18)15-14(10-5-3-2-4-6-10)16(17(19)20)23-21-15/h2-9,17H,1H3. The maximum Gasteiger partial charge on any atom is 0.298 e. The molecule has 0 spiro atoms. The number of hydrogen-bond acceptors (Lipinski definition) is 3. The molecule has 3 rings (SSSR count). The van der Waals surface area contributed by atoms with E-state index in [1.807, 2.05) is 0 Å². The Balaban J connectivity index is 2.19. The highest BCUT2D eigenvalue weighted by Gasteiger charge is 2.25. The molecule has 1 aromatic heterocycles. The SMILES string of the molecule is COc1ccc(-c2noc(C(F)F)c2-c2ccccc2)cc1F. The topological polar surface area (TPSA) is 35.3 Å². The van der Waals surface area contributed by atoms with Crippen molar-refractivity contribution in [2.45, 2.75) is 6.43 Å². The van der Waals surface area contributed by atoms with E-state index in [1.165, 1.54) is 19.2 Å². The summed E-state index contributed by atoms with van der Waals surface area (Å²) in [5.74, 6) is -1.08. The fraction of sp³-hybridized carbons (Fsp3) is 0.118. The molecule has 0 aliphatic rings. The molecular formula is C17H12F3NO2. The maximum atomic E-state index is 13.9. The number of aromatic nitrogens is 1. The van der Waals surface area contributed by atoms with Crippen LogP contribution in [0.15, 0.2) is 53.1 Å². The first-order valence-corrected chi connectivity index (χ1v) is 6.79. The van der Waals surface area contributed by atoms with Crippen LogP contribution in [-0.4, -0.2) is 12.3 Å². The van der Waals surface area contributed by atoms with E-state index in [2.05, 4.69) is 5.16 Å². The first kappa shape index (κ1) is 15.1. The van der Waals surface area contributed by atoms with Crippen LogP contribution in [0.5, 0.6) is 5.75 Å². The van der Waals surface area contributed by atoms with Gasteiger partial charge in [-0.3, -0.25) is 0 Å². The molecular weight excluding hydrogens is 307 g/mol. The van der Waals surface area contributed by atoms with Crippen LogP contribution in [0.1, 0.15) is 12.2 Å². The van der Waals surface area contributed by atoms with Crippen LogP contribution < -0.4 is 4.74 Å². The van der Waals surface area contributed by atoms with Crippen molar-refractivity contribution in [1.82, 2.24) is 5.16 Å². The third kappa shape index (κ3) is 2.79. The van der Waals surface area contributed by atoms with Gasteiger partial charge >= 0.3 is 0 Å². The molecule has 1 heterocycles. The lowest BCUT2D eigenvalue weighted by Gasteiger charge is -2.06. The van der Waals surface area contributed by atoms with E-state index in [0.717, 1.165) is 0 Å². The summed E-state index contributed by atoms with van der Waals surface area (Å²) in [6.45, 7) is 0. The average molecular weight is 319 g/mol. The number of hydrogen-bond donors (Lipinski definition) is 0. The molecule has 0 N–H and O–H groups in total. The molecule has 118 valence electrons. The third-order valence-electron chi connectivity index (χ3n) is 3.40. The van der Waals surface area contributed by atoms with Crippen LogP contribution in [0.25, 0.3) is 22.4 Å². The second-order valence-corrected chi connectivity index (χ2v) is 4.79. The summed E-state index contributed by atoms with van der Waals surface area (Å²) in [7, 11) is 1.35. The fourth-order valence-electron chi connectivity index (χ4n) is 2.35. The zero-order chi connectivity index (χ0) is 16.4. The highest BCUT2D eigenvalue weighted by Crippen LogP contribution is 2.39. The van der Waals surface area contributed by atoms with Crippen molar-refractivity contribution in [3.05, 3.63) is 60.1 Å². The van der Waals surface area contributed by atoms with Gasteiger partial charge in [-0.2, -0.15) is 0 Å². The second kappa shape index (κ2) is 6.16. The first-order chi connectivity index (χ1) is 11.1. The van der Waals surface area contributed by atoms with Crippen LogP contribution >= 0.6 is 0 Å². The van der Waals surface area contributed by atoms with Crippen molar-refractivity contribution in [3.8, 4) is 28.1 Å². The van der Waals surface area contributed by atoms with Gasteiger partial charge < -0.3 is 9.26 Å². The zero-order valence-corrected chi connectivity index (χ0v) is 12.1. The highest BCUT2D eigenvalue weighted by molar-refractivity contribution is 5.82. The molecule has 0 fully saturated rings. The van der Waals surface area contributed by atoms with E-state index in [9.17, 15) is 13.2 Å². The van der Waals surface area contributed by atoms with Crippen molar-refractivity contribution in [2.24, 2.45) is 0 Å². The largest absolute Gasteiger partial charge is 0.494 e. The molecule has 0 aliphatic carbocycles. The summed E-state index contributed by atoms with van der Waals surface area (Å²) < 4.78 is 50.0. The lowest BCUT2D eigenvalue weighted by Crippen LogP contribution is -1.91. The van der Waals surface area contributed by atoms with Gasteiger partial charge in [-0.15, -0.1) is 0 Å². The summed E-state index contributed by atoms with van der Waals surface area (Å²) in [6, 6.07) is 12.7. The van der Waals surface area contributed by atoms with E-state index in [0.29, 0.717) is 11.1 Å². The van der Waals surface area contributed by atoms with Gasteiger partial charge in [0.15, 0.2) is 11.6 Å². The Labute approximate surface area is 130 Å². The molecule has 0 atom stereocenters. The Kier molecular flexibility index (Phi) is 4.06. The number of alkyl halides is 2. The van der Waals surface area contributed by atoms with Crippen LogP contribution in [0.2, 0.25) is 0 Å². The predicted molar refractivity (Wildman–Crippen MR) is 78.8 cm³/mol. The summed E-state index contributed by atoms with van der Waals surface area (Å²) in [6.07, 6.45) is -2.82. The number of halogens is 3. The number of benzene rings is 2. The molecule has 0 saturated carbocycles. The van der Waals surface area contributed by atoms with Crippen molar-refractivity contribution in [1.29, 1.82) is 0 Å².